The summed E-state index contributed by atoms with van der Waals surface area (Å²) in [5.74, 6) is 1.36. The molecule has 0 fully saturated rings. The van der Waals surface area contributed by atoms with Crippen molar-refractivity contribution in [3.05, 3.63) is 45.9 Å². The molecule has 0 spiro atoms. The molecule has 3 nitrogen and oxygen atoms in total. The fourth-order valence-electron chi connectivity index (χ4n) is 2.65. The summed E-state index contributed by atoms with van der Waals surface area (Å²) >= 11 is 1.70. The van der Waals surface area contributed by atoms with Crippen LogP contribution in [0.4, 0.5) is 0 Å². The number of nitrogens with zero attached hydrogens (tertiary/aromatic N) is 1. The van der Waals surface area contributed by atoms with Crippen molar-refractivity contribution in [2.45, 2.75) is 31.7 Å². The summed E-state index contributed by atoms with van der Waals surface area (Å²) in [6, 6.07) is 8.33. The van der Waals surface area contributed by atoms with Gasteiger partial charge in [-0.25, -0.2) is 4.98 Å². The fraction of sp³-hybridized carbons (Fsp3) is 0.400. The number of aromatic nitrogens is 1. The van der Waals surface area contributed by atoms with E-state index in [1.807, 2.05) is 19.1 Å². The lowest BCUT2D eigenvalue weighted by Gasteiger charge is -2.29. The van der Waals surface area contributed by atoms with Crippen LogP contribution in [0, 0.1) is 6.92 Å². The first-order valence-electron chi connectivity index (χ1n) is 6.62. The minimum absolute atomic E-state index is 0.107. The molecule has 0 bridgehead atoms. The van der Waals surface area contributed by atoms with Gasteiger partial charge in [-0.1, -0.05) is 18.2 Å². The maximum absolute atomic E-state index is 6.42. The Labute approximate surface area is 117 Å². The fourth-order valence-corrected chi connectivity index (χ4v) is 3.50. The quantitative estimate of drug-likeness (QED) is 0.936. The summed E-state index contributed by atoms with van der Waals surface area (Å²) < 4.78 is 5.69. The number of thiazole rings is 1. The molecular weight excluding hydrogens is 256 g/mol. The highest BCUT2D eigenvalue weighted by Crippen LogP contribution is 2.35. The third-order valence-corrected chi connectivity index (χ3v) is 4.59. The Morgan fingerprint density at radius 2 is 2.32 bits per heavy atom. The van der Waals surface area contributed by atoms with Crippen molar-refractivity contribution in [3.8, 4) is 5.75 Å². The summed E-state index contributed by atoms with van der Waals surface area (Å²) in [6.07, 6.45) is 1.83. The van der Waals surface area contributed by atoms with E-state index in [0.717, 1.165) is 35.9 Å². The standard InChI is InChI=1S/C15H18N2OS/c1-10-9-19-15(17-10)8-13(16)11-6-7-18-14-5-3-2-4-12(11)14/h2-5,9,11,13H,6-8,16H2,1H3. The predicted molar refractivity (Wildman–Crippen MR) is 77.8 cm³/mol. The van der Waals surface area contributed by atoms with Crippen molar-refractivity contribution in [1.29, 1.82) is 0 Å². The van der Waals surface area contributed by atoms with E-state index in [1.165, 1.54) is 5.56 Å². The zero-order valence-electron chi connectivity index (χ0n) is 11.0. The highest BCUT2D eigenvalue weighted by atomic mass is 32.1. The third-order valence-electron chi connectivity index (χ3n) is 3.60. The average Bonchev–Trinajstić information content (AvgIpc) is 2.83. The van der Waals surface area contributed by atoms with Crippen molar-refractivity contribution >= 4 is 11.3 Å². The first-order valence-corrected chi connectivity index (χ1v) is 7.50. The lowest BCUT2D eigenvalue weighted by Crippen LogP contribution is -2.34. The van der Waals surface area contributed by atoms with Gasteiger partial charge in [0.15, 0.2) is 0 Å². The number of hydrogen-bond donors (Lipinski definition) is 1. The zero-order valence-corrected chi connectivity index (χ0v) is 11.8. The number of fused-ring (bicyclic) bond motifs is 1. The second-order valence-corrected chi connectivity index (χ2v) is 5.97. The molecule has 0 aliphatic carbocycles. The van der Waals surface area contributed by atoms with Gasteiger partial charge in [-0.2, -0.15) is 0 Å². The Bertz CT molecular complexity index is 567. The number of para-hydroxylation sites is 1. The molecule has 0 saturated carbocycles. The van der Waals surface area contributed by atoms with Crippen LogP contribution in [0.25, 0.3) is 0 Å². The van der Waals surface area contributed by atoms with Crippen LogP contribution in [0.1, 0.15) is 28.6 Å². The number of ether oxygens (including phenoxy) is 1. The summed E-state index contributed by atoms with van der Waals surface area (Å²) in [7, 11) is 0. The van der Waals surface area contributed by atoms with Crippen LogP contribution in [-0.2, 0) is 6.42 Å². The third kappa shape index (κ3) is 2.65. The molecule has 1 aliphatic rings. The van der Waals surface area contributed by atoms with E-state index >= 15 is 0 Å². The van der Waals surface area contributed by atoms with Gasteiger partial charge < -0.3 is 10.5 Å². The van der Waals surface area contributed by atoms with Crippen molar-refractivity contribution in [3.63, 3.8) is 0 Å². The molecule has 4 heteroatoms. The highest BCUT2D eigenvalue weighted by molar-refractivity contribution is 7.09. The van der Waals surface area contributed by atoms with E-state index in [4.69, 9.17) is 10.5 Å². The van der Waals surface area contributed by atoms with Crippen LogP contribution in [0.5, 0.6) is 5.75 Å². The number of nitrogens with two attached hydrogens (primary N) is 1. The van der Waals surface area contributed by atoms with E-state index < -0.39 is 0 Å². The van der Waals surface area contributed by atoms with Crippen LogP contribution in [0.2, 0.25) is 0 Å². The van der Waals surface area contributed by atoms with Crippen molar-refractivity contribution < 1.29 is 4.74 Å². The molecule has 3 rings (SSSR count). The number of benzene rings is 1. The minimum Gasteiger partial charge on any atom is -0.493 e. The van der Waals surface area contributed by atoms with E-state index in [0.29, 0.717) is 5.92 Å². The average molecular weight is 274 g/mol. The van der Waals surface area contributed by atoms with Gasteiger partial charge in [0, 0.05) is 29.5 Å². The first kappa shape index (κ1) is 12.6. The molecule has 2 atom stereocenters. The molecule has 2 unspecified atom stereocenters. The second-order valence-electron chi connectivity index (χ2n) is 5.03. The lowest BCUT2D eigenvalue weighted by molar-refractivity contribution is 0.254. The predicted octanol–water partition coefficient (Wildman–Crippen LogP) is 2.89. The molecule has 2 heterocycles. The SMILES string of the molecule is Cc1csc(CC(N)C2CCOc3ccccc32)n1. The van der Waals surface area contributed by atoms with Crippen LogP contribution in [0.3, 0.4) is 0 Å². The van der Waals surface area contributed by atoms with E-state index in [1.54, 1.807) is 11.3 Å². The summed E-state index contributed by atoms with van der Waals surface area (Å²) in [6.45, 7) is 2.78. The molecule has 0 radical (unpaired) electrons. The molecule has 2 aromatic rings. The smallest absolute Gasteiger partial charge is 0.122 e. The molecule has 19 heavy (non-hydrogen) atoms. The molecule has 2 N–H and O–H groups in total. The van der Waals surface area contributed by atoms with Crippen molar-refractivity contribution in [2.24, 2.45) is 5.73 Å². The molecule has 1 aromatic carbocycles. The maximum Gasteiger partial charge on any atom is 0.122 e. The Hall–Kier alpha value is -1.39. The van der Waals surface area contributed by atoms with Crippen LogP contribution in [-0.4, -0.2) is 17.6 Å². The van der Waals surface area contributed by atoms with Crippen molar-refractivity contribution in [1.82, 2.24) is 4.98 Å². The molecule has 100 valence electrons. The zero-order chi connectivity index (χ0) is 13.2. The molecular formula is C15H18N2OS. The number of rotatable bonds is 3. The van der Waals surface area contributed by atoms with E-state index in [2.05, 4.69) is 22.5 Å². The van der Waals surface area contributed by atoms with Gasteiger partial charge >= 0.3 is 0 Å². The van der Waals surface area contributed by atoms with Crippen LogP contribution >= 0.6 is 11.3 Å². The Kier molecular flexibility index (Phi) is 3.53. The molecule has 1 aliphatic heterocycles. The Morgan fingerprint density at radius 1 is 1.47 bits per heavy atom. The summed E-state index contributed by atoms with van der Waals surface area (Å²) in [5, 5.41) is 3.22. The van der Waals surface area contributed by atoms with Gasteiger partial charge in [0.25, 0.3) is 0 Å². The van der Waals surface area contributed by atoms with E-state index in [-0.39, 0.29) is 6.04 Å². The van der Waals surface area contributed by atoms with Gasteiger partial charge in [-0.05, 0) is 25.0 Å². The van der Waals surface area contributed by atoms with Gasteiger partial charge in [0.1, 0.15) is 5.75 Å². The number of aryl methyl sites for hydroxylation is 1. The monoisotopic (exact) mass is 274 g/mol. The van der Waals surface area contributed by atoms with Gasteiger partial charge in [0.05, 0.1) is 11.6 Å². The number of hydrogen-bond acceptors (Lipinski definition) is 4. The minimum atomic E-state index is 0.107. The summed E-state index contributed by atoms with van der Waals surface area (Å²) in [4.78, 5) is 4.51. The molecule has 0 saturated heterocycles. The first-order chi connectivity index (χ1) is 9.24. The lowest BCUT2D eigenvalue weighted by atomic mass is 9.86. The second kappa shape index (κ2) is 5.31. The normalized spacial score (nSPS) is 19.6. The molecule has 0 amide bonds. The molecule has 1 aromatic heterocycles. The van der Waals surface area contributed by atoms with Gasteiger partial charge in [-0.3, -0.25) is 0 Å². The topological polar surface area (TPSA) is 48.1 Å². The summed E-state index contributed by atoms with van der Waals surface area (Å²) in [5.41, 5.74) is 8.74. The highest BCUT2D eigenvalue weighted by Gasteiger charge is 2.27. The Balaban J connectivity index is 1.79. The maximum atomic E-state index is 6.42. The van der Waals surface area contributed by atoms with Crippen LogP contribution < -0.4 is 10.5 Å². The largest absolute Gasteiger partial charge is 0.493 e. The van der Waals surface area contributed by atoms with E-state index in [9.17, 15) is 0 Å². The van der Waals surface area contributed by atoms with Crippen LogP contribution in [0.15, 0.2) is 29.6 Å². The van der Waals surface area contributed by atoms with Gasteiger partial charge in [-0.15, -0.1) is 11.3 Å². The van der Waals surface area contributed by atoms with Gasteiger partial charge in [0.2, 0.25) is 0 Å². The van der Waals surface area contributed by atoms with Crippen molar-refractivity contribution in [2.75, 3.05) is 6.61 Å². The Morgan fingerprint density at radius 3 is 3.11 bits per heavy atom.